The van der Waals surface area contributed by atoms with Gasteiger partial charge in [-0.15, -0.1) is 0 Å². The van der Waals surface area contributed by atoms with Gasteiger partial charge in [0.2, 0.25) is 0 Å². The van der Waals surface area contributed by atoms with Crippen molar-refractivity contribution in [2.24, 2.45) is 0 Å². The fourth-order valence-corrected chi connectivity index (χ4v) is 6.27. The fraction of sp³-hybridized carbons (Fsp3) is 0.636. The number of rotatable bonds is 43. The number of esters is 2. The Kier molecular flexibility index (Phi) is 47.1. The summed E-state index contributed by atoms with van der Waals surface area (Å²) in [6.45, 7) is 7.33. The molecule has 0 heterocycles. The standard InChI is InChI=1S/C55H90O5/c1-4-7-10-13-16-19-22-25-27-29-32-35-38-41-44-47-50-58-51-53(60-55(57)49-46-43-40-37-34-30-24-21-18-15-12-9-6-3)52-59-54(56)48-45-42-39-36-33-31-28-26-23-20-17-14-11-8-5-2/h7-8,10-11,16-17,19-20,25-28,32-33,35-36,41,44,53H,4-6,9,12-15,18,21-24,29-31,34,37-40,42-43,45-52H2,1-3H3/b10-7-,11-8-,19-16-,20-17-,27-25-,28-26-,35-32-,36-33-,44-41-. The van der Waals surface area contributed by atoms with Gasteiger partial charge in [-0.25, -0.2) is 0 Å². The van der Waals surface area contributed by atoms with Crippen LogP contribution in [-0.4, -0.2) is 37.9 Å². The Bertz CT molecular complexity index is 1210. The summed E-state index contributed by atoms with van der Waals surface area (Å²) in [5.41, 5.74) is 0. The van der Waals surface area contributed by atoms with Crippen LogP contribution in [0.1, 0.15) is 201 Å². The predicted molar refractivity (Wildman–Crippen MR) is 260 cm³/mol. The van der Waals surface area contributed by atoms with Crippen molar-refractivity contribution < 1.29 is 23.8 Å². The molecule has 0 aromatic rings. The largest absolute Gasteiger partial charge is 0.462 e. The van der Waals surface area contributed by atoms with E-state index in [9.17, 15) is 9.59 Å². The van der Waals surface area contributed by atoms with Gasteiger partial charge in [0.05, 0.1) is 13.2 Å². The molecule has 1 unspecified atom stereocenters. The molecule has 0 aromatic carbocycles. The van der Waals surface area contributed by atoms with E-state index >= 15 is 0 Å². The maximum Gasteiger partial charge on any atom is 0.306 e. The zero-order valence-electron chi connectivity index (χ0n) is 38.9. The van der Waals surface area contributed by atoms with Gasteiger partial charge < -0.3 is 14.2 Å². The highest BCUT2D eigenvalue weighted by atomic mass is 16.6. The number of unbranched alkanes of at least 4 members (excludes halogenated alkanes) is 14. The smallest absolute Gasteiger partial charge is 0.306 e. The van der Waals surface area contributed by atoms with Gasteiger partial charge in [-0.05, 0) is 89.9 Å². The van der Waals surface area contributed by atoms with E-state index < -0.39 is 6.10 Å². The molecular weight excluding hydrogens is 741 g/mol. The summed E-state index contributed by atoms with van der Waals surface area (Å²) in [5, 5.41) is 0. The van der Waals surface area contributed by atoms with E-state index in [1.165, 1.54) is 64.2 Å². The zero-order chi connectivity index (χ0) is 43.5. The van der Waals surface area contributed by atoms with E-state index in [0.717, 1.165) is 103 Å². The lowest BCUT2D eigenvalue weighted by Crippen LogP contribution is -2.30. The Balaban J connectivity index is 4.46. The van der Waals surface area contributed by atoms with Gasteiger partial charge in [-0.1, -0.05) is 207 Å². The molecule has 5 heteroatoms. The van der Waals surface area contributed by atoms with Crippen LogP contribution in [0.15, 0.2) is 109 Å². The van der Waals surface area contributed by atoms with Crippen LogP contribution in [0.25, 0.3) is 0 Å². The molecule has 0 radical (unpaired) electrons. The molecule has 0 N–H and O–H groups in total. The summed E-state index contributed by atoms with van der Waals surface area (Å²) in [4.78, 5) is 25.3. The van der Waals surface area contributed by atoms with Crippen LogP contribution in [0.4, 0.5) is 0 Å². The molecule has 0 aliphatic rings. The average molecular weight is 831 g/mol. The highest BCUT2D eigenvalue weighted by Crippen LogP contribution is 2.14. The van der Waals surface area contributed by atoms with Gasteiger partial charge in [0.1, 0.15) is 6.61 Å². The second-order valence-electron chi connectivity index (χ2n) is 15.6. The second kappa shape index (κ2) is 49.9. The van der Waals surface area contributed by atoms with Gasteiger partial charge in [0.25, 0.3) is 0 Å². The lowest BCUT2D eigenvalue weighted by molar-refractivity contribution is -0.162. The summed E-state index contributed by atoms with van der Waals surface area (Å²) >= 11 is 0. The fourth-order valence-electron chi connectivity index (χ4n) is 6.27. The van der Waals surface area contributed by atoms with Crippen molar-refractivity contribution in [1.82, 2.24) is 0 Å². The quantitative estimate of drug-likeness (QED) is 0.0348. The van der Waals surface area contributed by atoms with Gasteiger partial charge in [0, 0.05) is 12.8 Å². The Morgan fingerprint density at radius 2 is 0.750 bits per heavy atom. The summed E-state index contributed by atoms with van der Waals surface area (Å²) < 4.78 is 17.2. The first-order valence-electron chi connectivity index (χ1n) is 24.4. The first-order chi connectivity index (χ1) is 29.6. The highest BCUT2D eigenvalue weighted by Gasteiger charge is 2.17. The Morgan fingerprint density at radius 1 is 0.383 bits per heavy atom. The lowest BCUT2D eigenvalue weighted by atomic mass is 10.0. The first-order valence-corrected chi connectivity index (χ1v) is 24.4. The van der Waals surface area contributed by atoms with Crippen molar-refractivity contribution in [3.8, 4) is 0 Å². The molecule has 0 saturated heterocycles. The van der Waals surface area contributed by atoms with Crippen LogP contribution in [-0.2, 0) is 23.8 Å². The molecule has 0 bridgehead atoms. The summed E-state index contributed by atoms with van der Waals surface area (Å²) in [5.74, 6) is -0.491. The summed E-state index contributed by atoms with van der Waals surface area (Å²) in [7, 11) is 0. The lowest BCUT2D eigenvalue weighted by Gasteiger charge is -2.18. The summed E-state index contributed by atoms with van der Waals surface area (Å²) in [6, 6.07) is 0. The van der Waals surface area contributed by atoms with Crippen LogP contribution in [0.2, 0.25) is 0 Å². The van der Waals surface area contributed by atoms with Crippen LogP contribution < -0.4 is 0 Å². The maximum absolute atomic E-state index is 12.8. The number of allylic oxidation sites excluding steroid dienone is 17. The third kappa shape index (κ3) is 47.2. The van der Waals surface area contributed by atoms with Crippen molar-refractivity contribution in [1.29, 1.82) is 0 Å². The van der Waals surface area contributed by atoms with Crippen LogP contribution >= 0.6 is 0 Å². The summed E-state index contributed by atoms with van der Waals surface area (Å²) in [6.07, 6.45) is 68.3. The van der Waals surface area contributed by atoms with Crippen molar-refractivity contribution in [2.75, 3.05) is 19.8 Å². The molecule has 0 aliphatic heterocycles. The Hall–Kier alpha value is -3.44. The molecule has 5 nitrogen and oxygen atoms in total. The Morgan fingerprint density at radius 3 is 1.20 bits per heavy atom. The van der Waals surface area contributed by atoms with Crippen molar-refractivity contribution in [3.05, 3.63) is 109 Å². The number of carbonyl (C=O) groups excluding carboxylic acids is 2. The second-order valence-corrected chi connectivity index (χ2v) is 15.6. The van der Waals surface area contributed by atoms with Crippen LogP contribution in [0, 0.1) is 0 Å². The van der Waals surface area contributed by atoms with Crippen molar-refractivity contribution >= 4 is 11.9 Å². The van der Waals surface area contributed by atoms with Crippen molar-refractivity contribution in [3.63, 3.8) is 0 Å². The van der Waals surface area contributed by atoms with Crippen LogP contribution in [0.3, 0.4) is 0 Å². The minimum atomic E-state index is -0.596. The molecule has 340 valence electrons. The molecule has 0 rings (SSSR count). The van der Waals surface area contributed by atoms with Gasteiger partial charge in [-0.3, -0.25) is 9.59 Å². The molecule has 0 spiro atoms. The first kappa shape index (κ1) is 56.6. The van der Waals surface area contributed by atoms with E-state index in [4.69, 9.17) is 14.2 Å². The molecule has 0 saturated carbocycles. The zero-order valence-corrected chi connectivity index (χ0v) is 38.9. The van der Waals surface area contributed by atoms with E-state index in [1.807, 2.05) is 0 Å². The normalized spacial score (nSPS) is 13.2. The SMILES string of the molecule is CC/C=C\C/C=C\C/C=C\C/C=C\C/C=C\CCOCC(COC(=O)CCCC/C=C\C/C=C\C/C=C\C/C=C\CC)OC(=O)CCCCCCCCCCCCCCC. The monoisotopic (exact) mass is 831 g/mol. The van der Waals surface area contributed by atoms with E-state index in [1.54, 1.807) is 0 Å². The average Bonchev–Trinajstić information content (AvgIpc) is 3.25. The topological polar surface area (TPSA) is 61.8 Å². The molecular formula is C55H90O5. The maximum atomic E-state index is 12.8. The minimum absolute atomic E-state index is 0.0295. The van der Waals surface area contributed by atoms with Gasteiger partial charge in [0.15, 0.2) is 6.10 Å². The molecule has 60 heavy (non-hydrogen) atoms. The molecule has 0 amide bonds. The Labute approximate surface area is 370 Å². The molecule has 0 aromatic heterocycles. The third-order valence-corrected chi connectivity index (χ3v) is 9.82. The molecule has 1 atom stereocenters. The number of ether oxygens (including phenoxy) is 3. The number of carbonyl (C=O) groups is 2. The van der Waals surface area contributed by atoms with E-state index in [2.05, 4.69) is 130 Å². The van der Waals surface area contributed by atoms with E-state index in [0.29, 0.717) is 19.4 Å². The third-order valence-electron chi connectivity index (χ3n) is 9.82. The molecule has 0 aliphatic carbocycles. The predicted octanol–water partition coefficient (Wildman–Crippen LogP) is 16.4. The number of hydrogen-bond donors (Lipinski definition) is 0. The number of hydrogen-bond acceptors (Lipinski definition) is 5. The molecule has 0 fully saturated rings. The van der Waals surface area contributed by atoms with E-state index in [-0.39, 0.29) is 25.2 Å². The van der Waals surface area contributed by atoms with Crippen LogP contribution in [0.5, 0.6) is 0 Å². The minimum Gasteiger partial charge on any atom is -0.462 e. The van der Waals surface area contributed by atoms with Crippen molar-refractivity contribution in [2.45, 2.75) is 207 Å². The van der Waals surface area contributed by atoms with Gasteiger partial charge >= 0.3 is 11.9 Å². The highest BCUT2D eigenvalue weighted by molar-refractivity contribution is 5.70. The van der Waals surface area contributed by atoms with Gasteiger partial charge in [-0.2, -0.15) is 0 Å².